The number of rotatable bonds is 9. The first-order chi connectivity index (χ1) is 9.56. The Morgan fingerprint density at radius 1 is 1.30 bits per heavy atom. The van der Waals surface area contributed by atoms with E-state index < -0.39 is 6.10 Å². The van der Waals surface area contributed by atoms with E-state index in [1.165, 1.54) is 0 Å². The number of Topliss-reactive ketones (excluding diaryl/α,β-unsaturated/α-hetero) is 1. The van der Waals surface area contributed by atoms with Crippen molar-refractivity contribution in [2.24, 2.45) is 0 Å². The van der Waals surface area contributed by atoms with Crippen molar-refractivity contribution in [2.75, 3.05) is 13.2 Å². The van der Waals surface area contributed by atoms with E-state index >= 15 is 0 Å². The van der Waals surface area contributed by atoms with Gasteiger partial charge in [-0.2, -0.15) is 0 Å². The molecule has 0 saturated heterocycles. The molecule has 1 aromatic rings. The fourth-order valence-corrected chi connectivity index (χ4v) is 1.67. The van der Waals surface area contributed by atoms with Crippen molar-refractivity contribution in [3.05, 3.63) is 29.8 Å². The Labute approximate surface area is 121 Å². The van der Waals surface area contributed by atoms with Gasteiger partial charge in [-0.1, -0.05) is 13.8 Å². The fourth-order valence-electron chi connectivity index (χ4n) is 1.67. The zero-order valence-electron chi connectivity index (χ0n) is 12.6. The van der Waals surface area contributed by atoms with Crippen LogP contribution >= 0.6 is 0 Å². The lowest BCUT2D eigenvalue weighted by molar-refractivity contribution is 0.0986. The number of aliphatic hydroxyl groups excluding tert-OH is 1. The normalized spacial score (nSPS) is 13.8. The average Bonchev–Trinajstić information content (AvgIpc) is 2.50. The van der Waals surface area contributed by atoms with E-state index in [0.717, 1.165) is 6.42 Å². The quantitative estimate of drug-likeness (QED) is 0.682. The van der Waals surface area contributed by atoms with E-state index in [1.807, 2.05) is 6.92 Å². The first-order valence-electron chi connectivity index (χ1n) is 7.24. The SMILES string of the molecule is CCC(=O)c1ccc(OCC(O)CNC(C)CC)cc1. The van der Waals surface area contributed by atoms with E-state index in [-0.39, 0.29) is 12.4 Å². The number of nitrogens with one attached hydrogen (secondary N) is 1. The Hall–Kier alpha value is -1.39. The monoisotopic (exact) mass is 279 g/mol. The van der Waals surface area contributed by atoms with E-state index in [4.69, 9.17) is 4.74 Å². The average molecular weight is 279 g/mol. The van der Waals surface area contributed by atoms with Crippen LogP contribution in [-0.2, 0) is 0 Å². The van der Waals surface area contributed by atoms with Crippen molar-refractivity contribution >= 4 is 5.78 Å². The molecule has 0 aromatic heterocycles. The van der Waals surface area contributed by atoms with Crippen molar-refractivity contribution < 1.29 is 14.6 Å². The van der Waals surface area contributed by atoms with E-state index in [0.29, 0.717) is 30.3 Å². The minimum atomic E-state index is -0.541. The lowest BCUT2D eigenvalue weighted by Crippen LogP contribution is -2.36. The van der Waals surface area contributed by atoms with Gasteiger partial charge in [0.25, 0.3) is 0 Å². The second-order valence-electron chi connectivity index (χ2n) is 4.98. The maximum atomic E-state index is 11.5. The number of ketones is 1. The van der Waals surface area contributed by atoms with Gasteiger partial charge in [-0.25, -0.2) is 0 Å². The van der Waals surface area contributed by atoms with Gasteiger partial charge in [-0.3, -0.25) is 4.79 Å². The van der Waals surface area contributed by atoms with Crippen molar-refractivity contribution in [1.82, 2.24) is 5.32 Å². The van der Waals surface area contributed by atoms with Gasteiger partial charge < -0.3 is 15.2 Å². The molecule has 1 aromatic carbocycles. The molecule has 4 heteroatoms. The van der Waals surface area contributed by atoms with Crippen LogP contribution in [0.4, 0.5) is 0 Å². The second kappa shape index (κ2) is 8.72. The van der Waals surface area contributed by atoms with Crippen LogP contribution < -0.4 is 10.1 Å². The zero-order valence-corrected chi connectivity index (χ0v) is 12.6. The lowest BCUT2D eigenvalue weighted by atomic mass is 10.1. The molecular formula is C16H25NO3. The van der Waals surface area contributed by atoms with Gasteiger partial charge in [0.1, 0.15) is 18.5 Å². The van der Waals surface area contributed by atoms with Gasteiger partial charge in [0.15, 0.2) is 5.78 Å². The summed E-state index contributed by atoms with van der Waals surface area (Å²) in [4.78, 5) is 11.5. The Morgan fingerprint density at radius 2 is 1.95 bits per heavy atom. The molecule has 0 heterocycles. The lowest BCUT2D eigenvalue weighted by Gasteiger charge is -2.16. The molecule has 0 spiro atoms. The minimum Gasteiger partial charge on any atom is -0.491 e. The number of aliphatic hydroxyl groups is 1. The minimum absolute atomic E-state index is 0.120. The van der Waals surface area contributed by atoms with Crippen LogP contribution in [0.25, 0.3) is 0 Å². The van der Waals surface area contributed by atoms with Crippen LogP contribution in [-0.4, -0.2) is 36.2 Å². The molecular weight excluding hydrogens is 254 g/mol. The van der Waals surface area contributed by atoms with Crippen molar-refractivity contribution in [2.45, 2.75) is 45.8 Å². The third kappa shape index (κ3) is 5.72. The third-order valence-corrected chi connectivity index (χ3v) is 3.25. The predicted molar refractivity (Wildman–Crippen MR) is 80.3 cm³/mol. The van der Waals surface area contributed by atoms with Crippen LogP contribution in [0.15, 0.2) is 24.3 Å². The smallest absolute Gasteiger partial charge is 0.162 e. The maximum absolute atomic E-state index is 11.5. The Kier molecular flexibility index (Phi) is 7.26. The first kappa shape index (κ1) is 16.7. The van der Waals surface area contributed by atoms with Crippen LogP contribution in [0.2, 0.25) is 0 Å². The molecule has 2 unspecified atom stereocenters. The van der Waals surface area contributed by atoms with Gasteiger partial charge in [-0.05, 0) is 37.6 Å². The molecule has 0 bridgehead atoms. The van der Waals surface area contributed by atoms with Gasteiger partial charge >= 0.3 is 0 Å². The van der Waals surface area contributed by atoms with Gasteiger partial charge in [0, 0.05) is 24.6 Å². The molecule has 1 rings (SSSR count). The summed E-state index contributed by atoms with van der Waals surface area (Å²) in [5.41, 5.74) is 0.693. The fraction of sp³-hybridized carbons (Fsp3) is 0.562. The summed E-state index contributed by atoms with van der Waals surface area (Å²) in [5, 5.41) is 13.0. The highest BCUT2D eigenvalue weighted by Crippen LogP contribution is 2.13. The molecule has 0 aliphatic carbocycles. The van der Waals surface area contributed by atoms with Gasteiger partial charge in [0.05, 0.1) is 0 Å². The topological polar surface area (TPSA) is 58.6 Å². The summed E-state index contributed by atoms with van der Waals surface area (Å²) in [7, 11) is 0. The predicted octanol–water partition coefficient (Wildman–Crippen LogP) is 2.41. The van der Waals surface area contributed by atoms with Crippen molar-refractivity contribution in [3.63, 3.8) is 0 Å². The van der Waals surface area contributed by atoms with Crippen LogP contribution in [0.5, 0.6) is 5.75 Å². The summed E-state index contributed by atoms with van der Waals surface area (Å²) in [5.74, 6) is 0.787. The Morgan fingerprint density at radius 3 is 2.50 bits per heavy atom. The molecule has 20 heavy (non-hydrogen) atoms. The van der Waals surface area contributed by atoms with E-state index in [1.54, 1.807) is 24.3 Å². The standard InChI is InChI=1S/C16H25NO3/c1-4-12(3)17-10-14(18)11-20-15-8-6-13(7-9-15)16(19)5-2/h6-9,12,14,17-18H,4-5,10-11H2,1-3H3. The molecule has 2 N–H and O–H groups in total. The number of ether oxygens (including phenoxy) is 1. The first-order valence-corrected chi connectivity index (χ1v) is 7.24. The van der Waals surface area contributed by atoms with Gasteiger partial charge in [-0.15, -0.1) is 0 Å². The molecule has 112 valence electrons. The molecule has 0 amide bonds. The molecule has 0 aliphatic heterocycles. The molecule has 2 atom stereocenters. The number of hydrogen-bond acceptors (Lipinski definition) is 4. The molecule has 4 nitrogen and oxygen atoms in total. The van der Waals surface area contributed by atoms with Gasteiger partial charge in [0.2, 0.25) is 0 Å². The highest BCUT2D eigenvalue weighted by Gasteiger charge is 2.08. The van der Waals surface area contributed by atoms with Crippen molar-refractivity contribution in [3.8, 4) is 5.75 Å². The second-order valence-corrected chi connectivity index (χ2v) is 4.98. The Bertz CT molecular complexity index is 403. The highest BCUT2D eigenvalue weighted by atomic mass is 16.5. The number of carbonyl (C=O) groups is 1. The van der Waals surface area contributed by atoms with Crippen LogP contribution in [0.1, 0.15) is 44.0 Å². The number of benzene rings is 1. The van der Waals surface area contributed by atoms with E-state index in [2.05, 4.69) is 19.2 Å². The summed E-state index contributed by atoms with van der Waals surface area (Å²) in [6.07, 6.45) is 0.988. The summed E-state index contributed by atoms with van der Waals surface area (Å²) < 4.78 is 5.50. The largest absolute Gasteiger partial charge is 0.491 e. The summed E-state index contributed by atoms with van der Waals surface area (Å²) in [6.45, 7) is 6.77. The van der Waals surface area contributed by atoms with Crippen molar-refractivity contribution in [1.29, 1.82) is 0 Å². The highest BCUT2D eigenvalue weighted by molar-refractivity contribution is 5.95. The molecule has 0 fully saturated rings. The summed E-state index contributed by atoms with van der Waals surface area (Å²) in [6, 6.07) is 7.43. The molecule has 0 aliphatic rings. The zero-order chi connectivity index (χ0) is 15.0. The number of hydrogen-bond donors (Lipinski definition) is 2. The summed E-state index contributed by atoms with van der Waals surface area (Å²) >= 11 is 0. The van der Waals surface area contributed by atoms with Crippen LogP contribution in [0.3, 0.4) is 0 Å². The van der Waals surface area contributed by atoms with Crippen LogP contribution in [0, 0.1) is 0 Å². The number of carbonyl (C=O) groups excluding carboxylic acids is 1. The third-order valence-electron chi connectivity index (χ3n) is 3.25. The molecule has 0 saturated carbocycles. The Balaban J connectivity index is 2.36. The maximum Gasteiger partial charge on any atom is 0.162 e. The molecule has 0 radical (unpaired) electrons. The van der Waals surface area contributed by atoms with E-state index in [9.17, 15) is 9.90 Å².